The molecule has 28 heavy (non-hydrogen) atoms. The highest BCUT2D eigenvalue weighted by molar-refractivity contribution is 6.83. The van der Waals surface area contributed by atoms with Crippen LogP contribution < -0.4 is 0 Å². The first kappa shape index (κ1) is 25.6. The second-order valence-corrected chi connectivity index (χ2v) is 19.6. The fourth-order valence-electron chi connectivity index (χ4n) is 2.72. The van der Waals surface area contributed by atoms with Gasteiger partial charge in [-0.25, -0.2) is 0 Å². The summed E-state index contributed by atoms with van der Waals surface area (Å²) < 4.78 is 24.2. The molecule has 6 heteroatoms. The number of rotatable bonds is 9. The highest BCUT2D eigenvalue weighted by Crippen LogP contribution is 2.39. The molecule has 1 aliphatic carbocycles. The minimum Gasteiger partial charge on any atom is -0.410 e. The largest absolute Gasteiger partial charge is 0.410 e. The average molecular weight is 427 g/mol. The van der Waals surface area contributed by atoms with Crippen molar-refractivity contribution in [1.82, 2.24) is 0 Å². The third kappa shape index (κ3) is 8.94. The third-order valence-electron chi connectivity index (χ3n) is 5.18. The zero-order valence-electron chi connectivity index (χ0n) is 19.8. The molecule has 0 aromatic heterocycles. The summed E-state index contributed by atoms with van der Waals surface area (Å²) in [4.78, 5) is 0. The second-order valence-electron chi connectivity index (χ2n) is 10.1. The number of ether oxygens (including phenoxy) is 3. The van der Waals surface area contributed by atoms with Crippen LogP contribution in [0.5, 0.6) is 0 Å². The maximum atomic E-state index is 6.60. The van der Waals surface area contributed by atoms with E-state index >= 15 is 0 Å². The lowest BCUT2D eigenvalue weighted by Crippen LogP contribution is -2.43. The summed E-state index contributed by atoms with van der Waals surface area (Å²) >= 11 is 0. The van der Waals surface area contributed by atoms with Gasteiger partial charge in [0.05, 0.1) is 18.8 Å². The molecule has 0 saturated heterocycles. The van der Waals surface area contributed by atoms with Crippen LogP contribution in [-0.2, 0) is 18.6 Å². The van der Waals surface area contributed by atoms with E-state index in [1.54, 1.807) is 0 Å². The van der Waals surface area contributed by atoms with E-state index in [4.69, 9.17) is 18.6 Å². The molecule has 1 rings (SSSR count). The van der Waals surface area contributed by atoms with Gasteiger partial charge in [-0.05, 0) is 37.6 Å². The van der Waals surface area contributed by atoms with Gasteiger partial charge in [-0.15, -0.1) is 5.54 Å². The van der Waals surface area contributed by atoms with Gasteiger partial charge in [0.15, 0.2) is 14.6 Å². The zero-order valence-corrected chi connectivity index (χ0v) is 21.8. The number of hydrogen-bond donors (Lipinski definition) is 0. The van der Waals surface area contributed by atoms with Gasteiger partial charge in [0.2, 0.25) is 0 Å². The summed E-state index contributed by atoms with van der Waals surface area (Å²) in [7, 11) is -3.19. The molecule has 0 aromatic rings. The predicted octanol–water partition coefficient (Wildman–Crippen LogP) is 5.37. The molecular formula is C22H42O4Si2. The van der Waals surface area contributed by atoms with Crippen molar-refractivity contribution in [3.63, 3.8) is 0 Å². The van der Waals surface area contributed by atoms with Crippen molar-refractivity contribution in [1.29, 1.82) is 0 Å². The van der Waals surface area contributed by atoms with Gasteiger partial charge in [-0.1, -0.05) is 52.4 Å². The summed E-state index contributed by atoms with van der Waals surface area (Å²) in [5, 5.41) is 0.182. The lowest BCUT2D eigenvalue weighted by molar-refractivity contribution is -0.151. The monoisotopic (exact) mass is 426 g/mol. The molecule has 0 bridgehead atoms. The Balaban J connectivity index is 2.77. The SMILES string of the molecule is CCOC(C)OC1C[C@@H](O[Si](C)(C)C(C)(C)C)C=C1COCC#C[Si](C)(C)C. The van der Waals surface area contributed by atoms with Crippen LogP contribution in [0.4, 0.5) is 0 Å². The van der Waals surface area contributed by atoms with Crippen molar-refractivity contribution in [3.05, 3.63) is 11.6 Å². The fourth-order valence-corrected chi connectivity index (χ4v) is 4.60. The molecule has 0 aliphatic heterocycles. The Labute approximate surface area is 175 Å². The van der Waals surface area contributed by atoms with Gasteiger partial charge in [0.25, 0.3) is 0 Å². The molecule has 162 valence electrons. The van der Waals surface area contributed by atoms with E-state index < -0.39 is 16.4 Å². The lowest BCUT2D eigenvalue weighted by Gasteiger charge is -2.38. The van der Waals surface area contributed by atoms with Gasteiger partial charge in [-0.2, -0.15) is 0 Å². The van der Waals surface area contributed by atoms with Crippen LogP contribution in [0.1, 0.15) is 41.0 Å². The molecule has 0 heterocycles. The topological polar surface area (TPSA) is 36.9 Å². The van der Waals surface area contributed by atoms with E-state index in [1.165, 1.54) is 0 Å². The summed E-state index contributed by atoms with van der Waals surface area (Å²) in [5.74, 6) is 3.17. The second kappa shape index (κ2) is 10.6. The molecular weight excluding hydrogens is 384 g/mol. The van der Waals surface area contributed by atoms with Gasteiger partial charge in [-0.3, -0.25) is 0 Å². The standard InChI is InChI=1S/C22H42O4Si2/c1-11-24-18(2)25-21-16-20(26-28(9,10)22(3,4)5)15-19(21)17-23-13-12-14-27(6,7)8/h15,18,20-21H,11,13,16-17H2,1-10H3/t18?,20-,21?/m0/s1. The van der Waals surface area contributed by atoms with Gasteiger partial charge in [0.1, 0.15) is 14.7 Å². The molecule has 1 aliphatic rings. The molecule has 3 atom stereocenters. The van der Waals surface area contributed by atoms with Crippen LogP contribution in [0.25, 0.3) is 0 Å². The summed E-state index contributed by atoms with van der Waals surface area (Å²) in [6.07, 6.45) is 2.84. The first-order chi connectivity index (χ1) is 12.7. The highest BCUT2D eigenvalue weighted by Gasteiger charge is 2.41. The van der Waals surface area contributed by atoms with Crippen molar-refractivity contribution < 1.29 is 18.6 Å². The Kier molecular flexibility index (Phi) is 9.66. The Morgan fingerprint density at radius 2 is 1.82 bits per heavy atom. The smallest absolute Gasteiger partial charge is 0.192 e. The normalized spacial score (nSPS) is 21.9. The first-order valence-corrected chi connectivity index (χ1v) is 16.9. The summed E-state index contributed by atoms with van der Waals surface area (Å²) in [6, 6.07) is 0. The van der Waals surface area contributed by atoms with E-state index in [0.717, 1.165) is 12.0 Å². The minimum atomic E-state index is -1.84. The summed E-state index contributed by atoms with van der Waals surface area (Å²) in [6.45, 7) is 23.7. The van der Waals surface area contributed by atoms with E-state index in [2.05, 4.69) is 71.0 Å². The van der Waals surface area contributed by atoms with Crippen molar-refractivity contribution in [3.8, 4) is 11.5 Å². The Hall–Kier alpha value is -0.426. The maximum absolute atomic E-state index is 6.60. The molecule has 4 nitrogen and oxygen atoms in total. The van der Waals surface area contributed by atoms with Crippen LogP contribution in [0, 0.1) is 11.5 Å². The average Bonchev–Trinajstić information content (AvgIpc) is 2.85. The Bertz CT molecular complexity index is 576. The Morgan fingerprint density at radius 3 is 2.36 bits per heavy atom. The van der Waals surface area contributed by atoms with Gasteiger partial charge >= 0.3 is 0 Å². The molecule has 0 saturated carbocycles. The van der Waals surface area contributed by atoms with E-state index in [0.29, 0.717) is 19.8 Å². The number of hydrogen-bond acceptors (Lipinski definition) is 4. The molecule has 0 amide bonds. The van der Waals surface area contributed by atoms with Crippen LogP contribution in [0.2, 0.25) is 37.8 Å². The van der Waals surface area contributed by atoms with Crippen molar-refractivity contribution >= 4 is 16.4 Å². The molecule has 2 unspecified atom stereocenters. The zero-order chi connectivity index (χ0) is 21.6. The Morgan fingerprint density at radius 1 is 1.18 bits per heavy atom. The maximum Gasteiger partial charge on any atom is 0.192 e. The van der Waals surface area contributed by atoms with Crippen molar-refractivity contribution in [2.45, 2.75) is 97.3 Å². The quantitative estimate of drug-likeness (QED) is 0.163. The molecule has 0 N–H and O–H groups in total. The van der Waals surface area contributed by atoms with Crippen LogP contribution in [-0.4, -0.2) is 54.7 Å². The van der Waals surface area contributed by atoms with Crippen LogP contribution in [0.15, 0.2) is 11.6 Å². The third-order valence-corrected chi connectivity index (χ3v) is 10.6. The van der Waals surface area contributed by atoms with Crippen LogP contribution in [0.3, 0.4) is 0 Å². The predicted molar refractivity (Wildman–Crippen MR) is 123 cm³/mol. The molecule has 0 spiro atoms. The van der Waals surface area contributed by atoms with Crippen LogP contribution >= 0.6 is 0 Å². The minimum absolute atomic E-state index is 0.0266. The van der Waals surface area contributed by atoms with E-state index in [1.807, 2.05) is 13.8 Å². The first-order valence-electron chi connectivity index (χ1n) is 10.5. The fraction of sp³-hybridized carbons (Fsp3) is 0.818. The highest BCUT2D eigenvalue weighted by atomic mass is 28.4. The summed E-state index contributed by atoms with van der Waals surface area (Å²) in [5.41, 5.74) is 4.48. The van der Waals surface area contributed by atoms with Gasteiger partial charge in [0, 0.05) is 13.0 Å². The van der Waals surface area contributed by atoms with E-state index in [9.17, 15) is 0 Å². The lowest BCUT2D eigenvalue weighted by atomic mass is 10.2. The van der Waals surface area contributed by atoms with Gasteiger partial charge < -0.3 is 18.6 Å². The van der Waals surface area contributed by atoms with Crippen molar-refractivity contribution in [2.24, 2.45) is 0 Å². The molecule has 0 aromatic carbocycles. The van der Waals surface area contributed by atoms with Crippen molar-refractivity contribution in [2.75, 3.05) is 19.8 Å². The van der Waals surface area contributed by atoms with E-state index in [-0.39, 0.29) is 23.5 Å². The molecule has 0 radical (unpaired) electrons. The molecule has 0 fully saturated rings.